The van der Waals surface area contributed by atoms with Crippen LogP contribution in [0.5, 0.6) is 0 Å². The molecule has 0 fully saturated rings. The Bertz CT molecular complexity index is 253. The molecule has 0 amide bonds. The molecular formula is C13H28N2O3. The third-order valence-electron chi connectivity index (χ3n) is 2.64. The van der Waals surface area contributed by atoms with Crippen LogP contribution in [0.15, 0.2) is 0 Å². The molecule has 0 radical (unpaired) electrons. The quantitative estimate of drug-likeness (QED) is 0.641. The van der Waals surface area contributed by atoms with Gasteiger partial charge < -0.3 is 14.7 Å². The SMILES string of the molecule is COC(=O)C(C)(O)CN(CCN(C)C)CC(C)C. The van der Waals surface area contributed by atoms with Crippen LogP contribution in [0.1, 0.15) is 20.8 Å². The fourth-order valence-corrected chi connectivity index (χ4v) is 1.81. The number of likely N-dealkylation sites (N-methyl/N-ethyl adjacent to an activating group) is 1. The van der Waals surface area contributed by atoms with E-state index in [1.54, 1.807) is 0 Å². The van der Waals surface area contributed by atoms with Crippen molar-refractivity contribution in [2.45, 2.75) is 26.4 Å². The Morgan fingerprint density at radius 1 is 1.33 bits per heavy atom. The molecule has 0 rings (SSSR count). The minimum atomic E-state index is -1.45. The molecule has 1 atom stereocenters. The van der Waals surface area contributed by atoms with Crippen LogP contribution < -0.4 is 0 Å². The Morgan fingerprint density at radius 3 is 2.28 bits per heavy atom. The first-order valence-corrected chi connectivity index (χ1v) is 6.37. The molecule has 5 heteroatoms. The van der Waals surface area contributed by atoms with Gasteiger partial charge in [0.15, 0.2) is 5.60 Å². The Balaban J connectivity index is 4.51. The van der Waals surface area contributed by atoms with Gasteiger partial charge in [0.05, 0.1) is 7.11 Å². The van der Waals surface area contributed by atoms with Crippen LogP contribution in [0, 0.1) is 5.92 Å². The van der Waals surface area contributed by atoms with Gasteiger partial charge in [0, 0.05) is 26.2 Å². The molecule has 1 N–H and O–H groups in total. The van der Waals surface area contributed by atoms with E-state index in [1.165, 1.54) is 14.0 Å². The van der Waals surface area contributed by atoms with Gasteiger partial charge in [0.1, 0.15) is 0 Å². The van der Waals surface area contributed by atoms with Gasteiger partial charge in [0.2, 0.25) is 0 Å². The lowest BCUT2D eigenvalue weighted by molar-refractivity contribution is -0.162. The van der Waals surface area contributed by atoms with E-state index in [0.717, 1.165) is 19.6 Å². The molecule has 0 aromatic rings. The zero-order valence-electron chi connectivity index (χ0n) is 12.6. The minimum Gasteiger partial charge on any atom is -0.467 e. The van der Waals surface area contributed by atoms with Crippen LogP contribution >= 0.6 is 0 Å². The van der Waals surface area contributed by atoms with Gasteiger partial charge in [-0.15, -0.1) is 0 Å². The molecule has 5 nitrogen and oxygen atoms in total. The summed E-state index contributed by atoms with van der Waals surface area (Å²) in [6, 6.07) is 0. The Labute approximate surface area is 111 Å². The van der Waals surface area contributed by atoms with Gasteiger partial charge in [-0.25, -0.2) is 4.79 Å². The van der Waals surface area contributed by atoms with Crippen molar-refractivity contribution in [1.82, 2.24) is 9.80 Å². The Hall–Kier alpha value is -0.650. The number of rotatable bonds is 8. The summed E-state index contributed by atoms with van der Waals surface area (Å²) < 4.78 is 4.62. The highest BCUT2D eigenvalue weighted by molar-refractivity contribution is 5.78. The number of methoxy groups -OCH3 is 1. The second kappa shape index (κ2) is 7.71. The van der Waals surface area contributed by atoms with Gasteiger partial charge in [0.25, 0.3) is 0 Å². The third kappa shape index (κ3) is 6.93. The maximum atomic E-state index is 11.5. The number of carbonyl (C=O) groups is 1. The first kappa shape index (κ1) is 17.4. The molecule has 108 valence electrons. The smallest absolute Gasteiger partial charge is 0.338 e. The van der Waals surface area contributed by atoms with Crippen molar-refractivity contribution in [1.29, 1.82) is 0 Å². The molecule has 0 heterocycles. The summed E-state index contributed by atoms with van der Waals surface area (Å²) >= 11 is 0. The van der Waals surface area contributed by atoms with E-state index in [9.17, 15) is 9.90 Å². The molecule has 0 spiro atoms. The van der Waals surface area contributed by atoms with Gasteiger partial charge >= 0.3 is 5.97 Å². The fourth-order valence-electron chi connectivity index (χ4n) is 1.81. The van der Waals surface area contributed by atoms with E-state index in [0.29, 0.717) is 12.5 Å². The molecular weight excluding hydrogens is 232 g/mol. The largest absolute Gasteiger partial charge is 0.467 e. The highest BCUT2D eigenvalue weighted by Crippen LogP contribution is 2.10. The monoisotopic (exact) mass is 260 g/mol. The van der Waals surface area contributed by atoms with Crippen LogP contribution in [0.4, 0.5) is 0 Å². The second-order valence-corrected chi connectivity index (χ2v) is 5.70. The van der Waals surface area contributed by atoms with Crippen molar-refractivity contribution >= 4 is 5.97 Å². The Kier molecular flexibility index (Phi) is 7.43. The van der Waals surface area contributed by atoms with Crippen molar-refractivity contribution in [2.24, 2.45) is 5.92 Å². The molecule has 0 aliphatic carbocycles. The topological polar surface area (TPSA) is 53.0 Å². The second-order valence-electron chi connectivity index (χ2n) is 5.70. The third-order valence-corrected chi connectivity index (χ3v) is 2.64. The number of nitrogens with zero attached hydrogens (tertiary/aromatic N) is 2. The zero-order valence-corrected chi connectivity index (χ0v) is 12.6. The van der Waals surface area contributed by atoms with Gasteiger partial charge in [-0.1, -0.05) is 13.8 Å². The van der Waals surface area contributed by atoms with Crippen molar-refractivity contribution < 1.29 is 14.6 Å². The summed E-state index contributed by atoms with van der Waals surface area (Å²) in [4.78, 5) is 15.7. The van der Waals surface area contributed by atoms with Crippen LogP contribution in [0.3, 0.4) is 0 Å². The van der Waals surface area contributed by atoms with Crippen molar-refractivity contribution in [3.8, 4) is 0 Å². The fraction of sp³-hybridized carbons (Fsp3) is 0.923. The van der Waals surface area contributed by atoms with Gasteiger partial charge in [-0.3, -0.25) is 4.90 Å². The van der Waals surface area contributed by atoms with Gasteiger partial charge in [-0.2, -0.15) is 0 Å². The maximum absolute atomic E-state index is 11.5. The van der Waals surface area contributed by atoms with Crippen LogP contribution in [-0.4, -0.2) is 73.9 Å². The lowest BCUT2D eigenvalue weighted by Gasteiger charge is -2.31. The summed E-state index contributed by atoms with van der Waals surface area (Å²) in [5, 5.41) is 10.1. The number of carbonyl (C=O) groups excluding carboxylic acids is 1. The summed E-state index contributed by atoms with van der Waals surface area (Å²) in [5.74, 6) is -0.0956. The predicted octanol–water partition coefficient (Wildman–Crippen LogP) is 0.430. The van der Waals surface area contributed by atoms with E-state index in [1.807, 2.05) is 14.1 Å². The molecule has 0 saturated heterocycles. The molecule has 0 aliphatic heterocycles. The van der Waals surface area contributed by atoms with E-state index in [-0.39, 0.29) is 0 Å². The lowest BCUT2D eigenvalue weighted by atomic mass is 10.1. The molecule has 1 unspecified atom stereocenters. The molecule has 0 aromatic carbocycles. The standard InChI is InChI=1S/C13H28N2O3/c1-11(2)9-15(8-7-14(4)5)10-13(3,17)12(16)18-6/h11,17H,7-10H2,1-6H3. The number of hydrogen-bond donors (Lipinski definition) is 1. The van der Waals surface area contributed by atoms with Crippen molar-refractivity contribution in [3.05, 3.63) is 0 Å². The van der Waals surface area contributed by atoms with Crippen molar-refractivity contribution in [3.63, 3.8) is 0 Å². The molecule has 0 aliphatic rings. The van der Waals surface area contributed by atoms with Gasteiger partial charge in [-0.05, 0) is 26.9 Å². The summed E-state index contributed by atoms with van der Waals surface area (Å²) in [6.07, 6.45) is 0. The van der Waals surface area contributed by atoms with Crippen LogP contribution in [0.25, 0.3) is 0 Å². The zero-order chi connectivity index (χ0) is 14.3. The highest BCUT2D eigenvalue weighted by atomic mass is 16.5. The Morgan fingerprint density at radius 2 is 1.89 bits per heavy atom. The normalized spacial score (nSPS) is 15.2. The van der Waals surface area contributed by atoms with E-state index >= 15 is 0 Å². The van der Waals surface area contributed by atoms with E-state index in [4.69, 9.17) is 0 Å². The molecule has 18 heavy (non-hydrogen) atoms. The average molecular weight is 260 g/mol. The van der Waals surface area contributed by atoms with Crippen molar-refractivity contribution in [2.75, 3.05) is 47.4 Å². The van der Waals surface area contributed by atoms with Crippen LogP contribution in [0.2, 0.25) is 0 Å². The number of hydrogen-bond acceptors (Lipinski definition) is 5. The van der Waals surface area contributed by atoms with E-state index in [2.05, 4.69) is 28.4 Å². The van der Waals surface area contributed by atoms with E-state index < -0.39 is 11.6 Å². The molecule has 0 aromatic heterocycles. The lowest BCUT2D eigenvalue weighted by Crippen LogP contribution is -2.49. The minimum absolute atomic E-state index is 0.297. The summed E-state index contributed by atoms with van der Waals surface area (Å²) in [5.41, 5.74) is -1.45. The summed E-state index contributed by atoms with van der Waals surface area (Å²) in [6.45, 7) is 8.60. The summed E-state index contributed by atoms with van der Waals surface area (Å²) in [7, 11) is 5.31. The number of ether oxygens (including phenoxy) is 1. The maximum Gasteiger partial charge on any atom is 0.338 e. The molecule has 0 bridgehead atoms. The number of esters is 1. The predicted molar refractivity (Wildman–Crippen MR) is 72.5 cm³/mol. The number of aliphatic hydroxyl groups is 1. The molecule has 0 saturated carbocycles. The average Bonchev–Trinajstić information content (AvgIpc) is 2.23. The first-order valence-electron chi connectivity index (χ1n) is 6.37. The van der Waals surface area contributed by atoms with Crippen LogP contribution in [-0.2, 0) is 9.53 Å². The highest BCUT2D eigenvalue weighted by Gasteiger charge is 2.33. The first-order chi connectivity index (χ1) is 8.19.